The molecule has 1 heterocycles. The van der Waals surface area contributed by atoms with Crippen LogP contribution in [0.4, 0.5) is 22.0 Å². The summed E-state index contributed by atoms with van der Waals surface area (Å²) in [6.45, 7) is -3.05. The van der Waals surface area contributed by atoms with Crippen molar-refractivity contribution in [3.05, 3.63) is 42.1 Å². The van der Waals surface area contributed by atoms with E-state index in [2.05, 4.69) is 14.9 Å². The maximum absolute atomic E-state index is 12.6. The third-order valence-corrected chi connectivity index (χ3v) is 2.34. The molecule has 0 aliphatic heterocycles. The van der Waals surface area contributed by atoms with Crippen LogP contribution < -0.4 is 4.74 Å². The lowest BCUT2D eigenvalue weighted by molar-refractivity contribution is -0.137. The maximum Gasteiger partial charge on any atom is 0.416 e. The number of hydrogen-bond acceptors (Lipinski definition) is 3. The van der Waals surface area contributed by atoms with Crippen molar-refractivity contribution in [1.82, 2.24) is 10.2 Å². The molecule has 0 spiro atoms. The highest BCUT2D eigenvalue weighted by molar-refractivity contribution is 5.61. The molecule has 0 saturated heterocycles. The van der Waals surface area contributed by atoms with Gasteiger partial charge in [0.15, 0.2) is 0 Å². The summed E-state index contributed by atoms with van der Waals surface area (Å²) in [7, 11) is 0. The fraction of sp³-hybridized carbons (Fsp3) is 0.167. The summed E-state index contributed by atoms with van der Waals surface area (Å²) in [5.41, 5.74) is -0.752. The van der Waals surface area contributed by atoms with E-state index in [-0.39, 0.29) is 17.0 Å². The van der Waals surface area contributed by atoms with Crippen LogP contribution in [0.5, 0.6) is 5.75 Å². The zero-order valence-electron chi connectivity index (χ0n) is 9.73. The minimum absolute atomic E-state index is 0.00856. The molecule has 106 valence electrons. The van der Waals surface area contributed by atoms with E-state index in [1.54, 1.807) is 0 Å². The van der Waals surface area contributed by atoms with Crippen LogP contribution in [-0.2, 0) is 6.18 Å². The highest BCUT2D eigenvalue weighted by Gasteiger charge is 2.30. The van der Waals surface area contributed by atoms with Gasteiger partial charge in [-0.1, -0.05) is 12.1 Å². The first-order valence-electron chi connectivity index (χ1n) is 5.31. The zero-order valence-corrected chi connectivity index (χ0v) is 9.73. The average molecular weight is 290 g/mol. The molecule has 0 aliphatic rings. The van der Waals surface area contributed by atoms with Crippen molar-refractivity contribution in [2.75, 3.05) is 0 Å². The summed E-state index contributed by atoms with van der Waals surface area (Å²) in [4.78, 5) is 0. The van der Waals surface area contributed by atoms with Gasteiger partial charge in [0.2, 0.25) is 0 Å². The first kappa shape index (κ1) is 14.2. The summed E-state index contributed by atoms with van der Waals surface area (Å²) in [5.74, 6) is -0.276. The molecule has 20 heavy (non-hydrogen) atoms. The van der Waals surface area contributed by atoms with Crippen molar-refractivity contribution in [3.63, 3.8) is 0 Å². The Balaban J connectivity index is 2.36. The first-order valence-corrected chi connectivity index (χ1v) is 5.31. The molecule has 3 nitrogen and oxygen atoms in total. The summed E-state index contributed by atoms with van der Waals surface area (Å²) >= 11 is 0. The van der Waals surface area contributed by atoms with Crippen LogP contribution in [0.2, 0.25) is 0 Å². The smallest absolute Gasteiger partial charge is 0.416 e. The Labute approximate surface area is 110 Å². The number of halogens is 5. The highest BCUT2D eigenvalue weighted by Crippen LogP contribution is 2.32. The predicted molar refractivity (Wildman–Crippen MR) is 59.1 cm³/mol. The molecule has 0 bridgehead atoms. The van der Waals surface area contributed by atoms with Crippen molar-refractivity contribution in [2.24, 2.45) is 0 Å². The van der Waals surface area contributed by atoms with Gasteiger partial charge in [0.1, 0.15) is 5.75 Å². The number of rotatable bonds is 3. The molecule has 1 aromatic heterocycles. The van der Waals surface area contributed by atoms with Crippen LogP contribution in [0, 0.1) is 0 Å². The molecule has 0 fully saturated rings. The van der Waals surface area contributed by atoms with Crippen LogP contribution in [0.3, 0.4) is 0 Å². The zero-order chi connectivity index (χ0) is 14.8. The number of hydrogen-bond donors (Lipinski definition) is 0. The molecule has 0 unspecified atom stereocenters. The van der Waals surface area contributed by atoms with Gasteiger partial charge in [-0.05, 0) is 12.1 Å². The monoisotopic (exact) mass is 290 g/mol. The van der Waals surface area contributed by atoms with Crippen LogP contribution in [-0.4, -0.2) is 16.8 Å². The van der Waals surface area contributed by atoms with Gasteiger partial charge in [0.05, 0.1) is 17.5 Å². The molecule has 8 heteroatoms. The number of benzene rings is 1. The van der Waals surface area contributed by atoms with Crippen molar-refractivity contribution in [2.45, 2.75) is 12.8 Å². The summed E-state index contributed by atoms with van der Waals surface area (Å²) in [5, 5.41) is 7.01. The van der Waals surface area contributed by atoms with E-state index < -0.39 is 18.4 Å². The second-order valence-electron chi connectivity index (χ2n) is 3.73. The Morgan fingerprint density at radius 2 is 1.85 bits per heavy atom. The highest BCUT2D eigenvalue weighted by atomic mass is 19.4. The van der Waals surface area contributed by atoms with Gasteiger partial charge in [0, 0.05) is 11.6 Å². The average Bonchev–Trinajstić information content (AvgIpc) is 2.37. The van der Waals surface area contributed by atoms with Crippen LogP contribution >= 0.6 is 0 Å². The first-order chi connectivity index (χ1) is 9.36. The van der Waals surface area contributed by atoms with E-state index in [0.717, 1.165) is 24.4 Å². The molecule has 0 N–H and O–H groups in total. The van der Waals surface area contributed by atoms with Gasteiger partial charge in [-0.2, -0.15) is 32.1 Å². The van der Waals surface area contributed by atoms with Crippen LogP contribution in [0.1, 0.15) is 5.56 Å². The van der Waals surface area contributed by atoms with Crippen molar-refractivity contribution < 1.29 is 26.7 Å². The minimum atomic E-state index is -4.50. The molecule has 2 rings (SSSR count). The Morgan fingerprint density at radius 1 is 1.10 bits per heavy atom. The number of ether oxygens (including phenoxy) is 1. The van der Waals surface area contributed by atoms with Gasteiger partial charge < -0.3 is 4.74 Å². The fourth-order valence-corrected chi connectivity index (χ4v) is 1.51. The Morgan fingerprint density at radius 3 is 2.50 bits per heavy atom. The molecule has 0 saturated carbocycles. The van der Waals surface area contributed by atoms with Gasteiger partial charge in [-0.15, -0.1) is 0 Å². The lowest BCUT2D eigenvalue weighted by Gasteiger charge is -2.09. The largest absolute Gasteiger partial charge is 0.433 e. The second-order valence-corrected chi connectivity index (χ2v) is 3.73. The van der Waals surface area contributed by atoms with Gasteiger partial charge in [-0.3, -0.25) is 0 Å². The SMILES string of the molecule is FC(F)Oc1cnnc(-c2cccc(C(F)(F)F)c2)c1. The van der Waals surface area contributed by atoms with Crippen molar-refractivity contribution in [3.8, 4) is 17.0 Å². The lowest BCUT2D eigenvalue weighted by atomic mass is 10.1. The molecule has 0 atom stereocenters. The summed E-state index contributed by atoms with van der Waals surface area (Å²) in [6.07, 6.45) is -3.55. The molecule has 0 radical (unpaired) electrons. The normalized spacial score (nSPS) is 11.7. The molecule has 0 aliphatic carbocycles. The van der Waals surface area contributed by atoms with Gasteiger partial charge >= 0.3 is 12.8 Å². The van der Waals surface area contributed by atoms with Gasteiger partial charge in [0.25, 0.3) is 0 Å². The maximum atomic E-state index is 12.6. The van der Waals surface area contributed by atoms with E-state index >= 15 is 0 Å². The number of nitrogens with zero attached hydrogens (tertiary/aromatic N) is 2. The molecule has 0 amide bonds. The molecule has 1 aromatic carbocycles. The van der Waals surface area contributed by atoms with Crippen LogP contribution in [0.15, 0.2) is 36.5 Å². The van der Waals surface area contributed by atoms with Gasteiger partial charge in [-0.25, -0.2) is 0 Å². The fourth-order valence-electron chi connectivity index (χ4n) is 1.51. The Bertz CT molecular complexity index is 600. The van der Waals surface area contributed by atoms with E-state index in [4.69, 9.17) is 0 Å². The quantitative estimate of drug-likeness (QED) is 0.807. The van der Waals surface area contributed by atoms with E-state index in [1.165, 1.54) is 12.1 Å². The van der Waals surface area contributed by atoms with E-state index in [9.17, 15) is 22.0 Å². The molecule has 2 aromatic rings. The third-order valence-electron chi connectivity index (χ3n) is 2.34. The molecular weight excluding hydrogens is 283 g/mol. The van der Waals surface area contributed by atoms with Crippen molar-refractivity contribution >= 4 is 0 Å². The summed E-state index contributed by atoms with van der Waals surface area (Å²) in [6, 6.07) is 5.41. The lowest BCUT2D eigenvalue weighted by Crippen LogP contribution is -2.05. The van der Waals surface area contributed by atoms with Crippen LogP contribution in [0.25, 0.3) is 11.3 Å². The third kappa shape index (κ3) is 3.40. The minimum Gasteiger partial charge on any atom is -0.433 e. The standard InChI is InChI=1S/C12H7F5N2O/c13-11(14)20-9-5-10(19-18-6-9)7-2-1-3-8(4-7)12(15,16)17/h1-6,11H. The number of alkyl halides is 5. The van der Waals surface area contributed by atoms with E-state index in [1.807, 2.05) is 0 Å². The number of aromatic nitrogens is 2. The van der Waals surface area contributed by atoms with E-state index in [0.29, 0.717) is 0 Å². The predicted octanol–water partition coefficient (Wildman–Crippen LogP) is 3.76. The summed E-state index contributed by atoms with van der Waals surface area (Å²) < 4.78 is 66.0. The molecular formula is C12H7F5N2O. The Kier molecular flexibility index (Phi) is 3.82. The Hall–Kier alpha value is -2.25. The second kappa shape index (κ2) is 5.40. The topological polar surface area (TPSA) is 35.0 Å². The van der Waals surface area contributed by atoms with Crippen molar-refractivity contribution in [1.29, 1.82) is 0 Å².